The molecule has 0 radical (unpaired) electrons. The molecule has 5 heteroatoms. The zero-order chi connectivity index (χ0) is 18.9. The van der Waals surface area contributed by atoms with Crippen LogP contribution in [0, 0.1) is 17.3 Å². The number of pyridine rings is 1. The van der Waals surface area contributed by atoms with Gasteiger partial charge in [-0.1, -0.05) is 25.5 Å². The van der Waals surface area contributed by atoms with Crippen molar-refractivity contribution >= 4 is 11.8 Å². The first-order valence-corrected chi connectivity index (χ1v) is 9.45. The van der Waals surface area contributed by atoms with Gasteiger partial charge in [-0.25, -0.2) is 0 Å². The number of amides is 2. The lowest BCUT2D eigenvalue weighted by Gasteiger charge is -2.33. The highest BCUT2D eigenvalue weighted by atomic mass is 16.2. The molecule has 3 rings (SSSR count). The molecular formula is C21H29N3O2. The smallest absolute Gasteiger partial charge is 0.251 e. The normalized spacial score (nSPS) is 24.7. The van der Waals surface area contributed by atoms with Crippen LogP contribution in [0.3, 0.4) is 0 Å². The summed E-state index contributed by atoms with van der Waals surface area (Å²) in [6, 6.07) is 3.56. The molecule has 2 atom stereocenters. The second-order valence-corrected chi connectivity index (χ2v) is 8.38. The molecule has 5 nitrogen and oxygen atoms in total. The van der Waals surface area contributed by atoms with Gasteiger partial charge in [0.05, 0.1) is 5.92 Å². The molecule has 0 unspecified atom stereocenters. The Morgan fingerprint density at radius 1 is 1.19 bits per heavy atom. The highest BCUT2D eigenvalue weighted by Gasteiger charge is 2.61. The minimum Gasteiger partial charge on any atom is -0.349 e. The van der Waals surface area contributed by atoms with E-state index in [1.807, 2.05) is 4.90 Å². The summed E-state index contributed by atoms with van der Waals surface area (Å²) in [5, 5.41) is 3.08. The predicted molar refractivity (Wildman–Crippen MR) is 101 cm³/mol. The van der Waals surface area contributed by atoms with Crippen LogP contribution in [0.4, 0.5) is 0 Å². The molecule has 1 aliphatic carbocycles. The third kappa shape index (κ3) is 3.81. The van der Waals surface area contributed by atoms with Gasteiger partial charge in [0.2, 0.25) is 5.91 Å². The third-order valence-electron chi connectivity index (χ3n) is 5.77. The van der Waals surface area contributed by atoms with Gasteiger partial charge in [0.25, 0.3) is 5.91 Å². The first kappa shape index (κ1) is 18.6. The first-order chi connectivity index (χ1) is 12.3. The Labute approximate surface area is 155 Å². The van der Waals surface area contributed by atoms with E-state index in [9.17, 15) is 9.59 Å². The minimum absolute atomic E-state index is 0.0563. The van der Waals surface area contributed by atoms with Crippen LogP contribution in [0.15, 0.2) is 36.2 Å². The Morgan fingerprint density at radius 3 is 2.38 bits per heavy atom. The lowest BCUT2D eigenvalue weighted by Crippen LogP contribution is -2.47. The van der Waals surface area contributed by atoms with E-state index in [1.54, 1.807) is 24.5 Å². The van der Waals surface area contributed by atoms with Crippen LogP contribution in [-0.4, -0.2) is 40.8 Å². The fourth-order valence-electron chi connectivity index (χ4n) is 4.03. The number of carbonyl (C=O) groups is 2. The summed E-state index contributed by atoms with van der Waals surface area (Å²) in [7, 11) is 0. The standard InChI is InChI=1S/C21H29N3O2/c1-14(2)13-17-18(21(17,3)4)20(26)24-11-7-16(8-12-24)23-19(25)15-5-9-22-10-6-15/h5-6,9-10,13,16-18H,7-8,11-12H2,1-4H3,(H,23,25)/t17-,18-/m1/s1. The van der Waals surface area contributed by atoms with Gasteiger partial charge in [0.1, 0.15) is 0 Å². The van der Waals surface area contributed by atoms with Crippen molar-refractivity contribution in [3.8, 4) is 0 Å². The van der Waals surface area contributed by atoms with E-state index in [0.29, 0.717) is 24.6 Å². The molecule has 0 spiro atoms. The number of hydrogen-bond acceptors (Lipinski definition) is 3. The Bertz CT molecular complexity index is 699. The SMILES string of the molecule is CC(C)=C[C@@H]1[C@H](C(=O)N2CCC(NC(=O)c3ccncc3)CC2)C1(C)C. The summed E-state index contributed by atoms with van der Waals surface area (Å²) < 4.78 is 0. The number of carbonyl (C=O) groups excluding carboxylic acids is 2. The van der Waals surface area contributed by atoms with Crippen molar-refractivity contribution in [2.45, 2.75) is 46.6 Å². The van der Waals surface area contributed by atoms with Gasteiger partial charge in [0.15, 0.2) is 0 Å². The average molecular weight is 355 g/mol. The monoisotopic (exact) mass is 355 g/mol. The van der Waals surface area contributed by atoms with Gasteiger partial charge in [0, 0.05) is 37.1 Å². The molecule has 0 aromatic carbocycles. The number of nitrogens with one attached hydrogen (secondary N) is 1. The molecule has 140 valence electrons. The Hall–Kier alpha value is -2.17. The highest BCUT2D eigenvalue weighted by Crippen LogP contribution is 2.60. The van der Waals surface area contributed by atoms with Gasteiger partial charge < -0.3 is 10.2 Å². The molecule has 2 aliphatic rings. The Morgan fingerprint density at radius 2 is 1.81 bits per heavy atom. The maximum Gasteiger partial charge on any atom is 0.251 e. The molecule has 1 aromatic rings. The molecule has 2 amide bonds. The van der Waals surface area contributed by atoms with E-state index in [-0.39, 0.29) is 29.2 Å². The van der Waals surface area contributed by atoms with E-state index < -0.39 is 0 Å². The van der Waals surface area contributed by atoms with Gasteiger partial charge in [-0.05, 0) is 50.2 Å². The van der Waals surface area contributed by atoms with Gasteiger partial charge in [-0.2, -0.15) is 0 Å². The molecule has 26 heavy (non-hydrogen) atoms. The number of hydrogen-bond donors (Lipinski definition) is 1. The van der Waals surface area contributed by atoms with E-state index in [1.165, 1.54) is 5.57 Å². The van der Waals surface area contributed by atoms with E-state index >= 15 is 0 Å². The van der Waals surface area contributed by atoms with Crippen molar-refractivity contribution in [2.75, 3.05) is 13.1 Å². The van der Waals surface area contributed by atoms with Crippen LogP contribution < -0.4 is 5.32 Å². The maximum atomic E-state index is 12.9. The summed E-state index contributed by atoms with van der Waals surface area (Å²) in [5.74, 6) is 0.657. The molecule has 1 saturated carbocycles. The number of likely N-dealkylation sites (tertiary alicyclic amines) is 1. The molecule has 1 aliphatic heterocycles. The van der Waals surface area contributed by atoms with Crippen molar-refractivity contribution in [3.05, 3.63) is 41.7 Å². The molecule has 1 aromatic heterocycles. The zero-order valence-corrected chi connectivity index (χ0v) is 16.2. The quantitative estimate of drug-likeness (QED) is 0.845. The van der Waals surface area contributed by atoms with Crippen LogP contribution in [0.25, 0.3) is 0 Å². The lowest BCUT2D eigenvalue weighted by atomic mass is 10.0. The molecule has 1 saturated heterocycles. The van der Waals surface area contributed by atoms with Crippen molar-refractivity contribution in [1.82, 2.24) is 15.2 Å². The number of aromatic nitrogens is 1. The Balaban J connectivity index is 1.52. The van der Waals surface area contributed by atoms with E-state index in [0.717, 1.165) is 12.8 Å². The fourth-order valence-corrected chi connectivity index (χ4v) is 4.03. The van der Waals surface area contributed by atoms with Crippen LogP contribution in [-0.2, 0) is 4.79 Å². The fraction of sp³-hybridized carbons (Fsp3) is 0.571. The largest absolute Gasteiger partial charge is 0.349 e. The molecule has 2 fully saturated rings. The molecule has 0 bridgehead atoms. The summed E-state index contributed by atoms with van der Waals surface area (Å²) in [6.45, 7) is 9.98. The zero-order valence-electron chi connectivity index (χ0n) is 16.2. The number of nitrogens with zero attached hydrogens (tertiary/aromatic N) is 2. The van der Waals surface area contributed by atoms with E-state index in [4.69, 9.17) is 0 Å². The van der Waals surface area contributed by atoms with Crippen molar-refractivity contribution in [2.24, 2.45) is 17.3 Å². The number of piperidine rings is 1. The minimum atomic E-state index is -0.0656. The van der Waals surface area contributed by atoms with Crippen molar-refractivity contribution in [3.63, 3.8) is 0 Å². The summed E-state index contributed by atoms with van der Waals surface area (Å²) in [4.78, 5) is 31.1. The van der Waals surface area contributed by atoms with Crippen LogP contribution >= 0.6 is 0 Å². The van der Waals surface area contributed by atoms with Crippen LogP contribution in [0.2, 0.25) is 0 Å². The van der Waals surface area contributed by atoms with Crippen molar-refractivity contribution < 1.29 is 9.59 Å². The summed E-state index contributed by atoms with van der Waals surface area (Å²) in [6.07, 6.45) is 7.10. The van der Waals surface area contributed by atoms with Crippen molar-refractivity contribution in [1.29, 1.82) is 0 Å². The van der Waals surface area contributed by atoms with Gasteiger partial charge in [-0.15, -0.1) is 0 Å². The molecule has 1 N–H and O–H groups in total. The Kier molecular flexibility index (Phi) is 5.17. The van der Waals surface area contributed by atoms with Crippen LogP contribution in [0.5, 0.6) is 0 Å². The van der Waals surface area contributed by atoms with Gasteiger partial charge in [-0.3, -0.25) is 14.6 Å². The maximum absolute atomic E-state index is 12.9. The lowest BCUT2D eigenvalue weighted by molar-refractivity contribution is -0.134. The highest BCUT2D eigenvalue weighted by molar-refractivity contribution is 5.94. The summed E-state index contributed by atoms with van der Waals surface area (Å²) in [5.41, 5.74) is 1.96. The topological polar surface area (TPSA) is 62.3 Å². The average Bonchev–Trinajstić information content (AvgIpc) is 3.15. The second kappa shape index (κ2) is 7.22. The number of allylic oxidation sites excluding steroid dienone is 2. The first-order valence-electron chi connectivity index (χ1n) is 9.45. The summed E-state index contributed by atoms with van der Waals surface area (Å²) >= 11 is 0. The third-order valence-corrected chi connectivity index (χ3v) is 5.77. The second-order valence-electron chi connectivity index (χ2n) is 8.38. The van der Waals surface area contributed by atoms with Crippen LogP contribution in [0.1, 0.15) is 50.9 Å². The van der Waals surface area contributed by atoms with Gasteiger partial charge >= 0.3 is 0 Å². The predicted octanol–water partition coefficient (Wildman–Crippen LogP) is 3.04. The molecule has 2 heterocycles. The number of rotatable bonds is 4. The molecular weight excluding hydrogens is 326 g/mol. The van der Waals surface area contributed by atoms with E-state index in [2.05, 4.69) is 44.1 Å².